The van der Waals surface area contributed by atoms with Crippen LogP contribution in [0.25, 0.3) is 0 Å². The Balaban J connectivity index is 2.10. The summed E-state index contributed by atoms with van der Waals surface area (Å²) in [4.78, 5) is 18.8. The number of rotatable bonds is 2. The fourth-order valence-electron chi connectivity index (χ4n) is 0.886. The van der Waals surface area contributed by atoms with E-state index in [9.17, 15) is 4.79 Å². The van der Waals surface area contributed by atoms with E-state index >= 15 is 0 Å². The second-order valence-electron chi connectivity index (χ2n) is 2.56. The molecule has 0 bridgehead atoms. The summed E-state index contributed by atoms with van der Waals surface area (Å²) in [5.74, 6) is 0.368. The number of hydrogen-bond acceptors (Lipinski definition) is 5. The van der Waals surface area contributed by atoms with Gasteiger partial charge in [0.15, 0.2) is 0 Å². The van der Waals surface area contributed by atoms with Crippen molar-refractivity contribution < 1.29 is 9.21 Å². The van der Waals surface area contributed by atoms with Crippen LogP contribution in [-0.2, 0) is 0 Å². The van der Waals surface area contributed by atoms with Gasteiger partial charge in [-0.1, -0.05) is 0 Å². The predicted octanol–water partition coefficient (Wildman–Crippen LogP) is 0.353. The highest BCUT2D eigenvalue weighted by Crippen LogP contribution is 2.03. The smallest absolute Gasteiger partial charge is 0.313 e. The number of nitrogens with one attached hydrogen (secondary N) is 2. The van der Waals surface area contributed by atoms with Gasteiger partial charge in [0.25, 0.3) is 5.89 Å². The summed E-state index contributed by atoms with van der Waals surface area (Å²) < 4.78 is 5.01. The van der Waals surface area contributed by atoms with Gasteiger partial charge in [-0.25, -0.2) is 10.1 Å². The molecule has 0 atom stereocenters. The predicted molar refractivity (Wildman–Crippen MR) is 45.6 cm³/mol. The minimum atomic E-state index is -0.463. The van der Waals surface area contributed by atoms with Crippen LogP contribution < -0.4 is 5.32 Å². The first-order valence-electron chi connectivity index (χ1n) is 3.85. The molecule has 0 spiro atoms. The number of anilines is 1. The average molecular weight is 193 g/mol. The molecule has 7 nitrogen and oxygen atoms in total. The molecule has 0 radical (unpaired) electrons. The number of aromatic nitrogens is 4. The summed E-state index contributed by atoms with van der Waals surface area (Å²) in [5, 5.41) is 8.48. The van der Waals surface area contributed by atoms with Gasteiger partial charge in [0.1, 0.15) is 12.1 Å². The molecule has 0 aliphatic heterocycles. The second-order valence-corrected chi connectivity index (χ2v) is 2.56. The Morgan fingerprint density at radius 1 is 1.57 bits per heavy atom. The van der Waals surface area contributed by atoms with Crippen molar-refractivity contribution in [3.8, 4) is 0 Å². The maximum atomic E-state index is 11.4. The third-order valence-electron chi connectivity index (χ3n) is 1.46. The highest BCUT2D eigenvalue weighted by atomic mass is 16.4. The Kier molecular flexibility index (Phi) is 1.98. The van der Waals surface area contributed by atoms with E-state index in [1.807, 2.05) is 0 Å². The van der Waals surface area contributed by atoms with Gasteiger partial charge < -0.3 is 4.42 Å². The van der Waals surface area contributed by atoms with Crippen LogP contribution in [0.4, 0.5) is 5.95 Å². The Morgan fingerprint density at radius 3 is 3.00 bits per heavy atom. The molecule has 0 aliphatic rings. The van der Waals surface area contributed by atoms with E-state index in [1.54, 1.807) is 6.92 Å². The zero-order valence-corrected chi connectivity index (χ0v) is 7.31. The Bertz CT molecular complexity index is 433. The zero-order chi connectivity index (χ0) is 9.97. The lowest BCUT2D eigenvalue weighted by atomic mass is 10.6. The van der Waals surface area contributed by atoms with Gasteiger partial charge in [0, 0.05) is 0 Å². The van der Waals surface area contributed by atoms with Gasteiger partial charge in [-0.2, -0.15) is 10.1 Å². The fraction of sp³-hybridized carbons (Fsp3) is 0.143. The molecule has 1 amide bonds. The largest absolute Gasteiger partial charge is 0.438 e. The number of nitrogens with zero attached hydrogens (tertiary/aromatic N) is 3. The first-order valence-corrected chi connectivity index (χ1v) is 3.85. The number of hydrogen-bond donors (Lipinski definition) is 2. The highest BCUT2D eigenvalue weighted by Gasteiger charge is 2.12. The van der Waals surface area contributed by atoms with E-state index in [4.69, 9.17) is 4.42 Å². The molecule has 0 unspecified atom stereocenters. The number of aromatic amines is 1. The summed E-state index contributed by atoms with van der Waals surface area (Å²) >= 11 is 0. The number of carbonyl (C=O) groups excluding carboxylic acids is 1. The molecular formula is C7H7N5O2. The number of carbonyl (C=O) groups is 1. The quantitative estimate of drug-likeness (QED) is 0.717. The molecule has 2 rings (SSSR count). The average Bonchev–Trinajstić information content (AvgIpc) is 2.75. The lowest BCUT2D eigenvalue weighted by molar-refractivity contribution is 0.0988. The zero-order valence-electron chi connectivity index (χ0n) is 7.31. The fourth-order valence-corrected chi connectivity index (χ4v) is 0.886. The van der Waals surface area contributed by atoms with Gasteiger partial charge in [0.05, 0.1) is 6.20 Å². The van der Waals surface area contributed by atoms with Gasteiger partial charge >= 0.3 is 5.91 Å². The van der Waals surface area contributed by atoms with E-state index in [0.29, 0.717) is 5.76 Å². The van der Waals surface area contributed by atoms with Gasteiger partial charge in [0.2, 0.25) is 5.95 Å². The van der Waals surface area contributed by atoms with Crippen LogP contribution >= 0.6 is 0 Å². The first-order chi connectivity index (χ1) is 6.75. The molecule has 0 saturated carbocycles. The topological polar surface area (TPSA) is 96.7 Å². The van der Waals surface area contributed by atoms with E-state index in [2.05, 4.69) is 25.5 Å². The van der Waals surface area contributed by atoms with Crippen molar-refractivity contribution in [1.29, 1.82) is 0 Å². The van der Waals surface area contributed by atoms with E-state index < -0.39 is 5.91 Å². The number of H-pyrrole nitrogens is 1. The Labute approximate surface area is 78.6 Å². The van der Waals surface area contributed by atoms with Crippen LogP contribution in [0.5, 0.6) is 0 Å². The van der Waals surface area contributed by atoms with Gasteiger partial charge in [-0.05, 0) is 6.92 Å². The molecular weight excluding hydrogens is 186 g/mol. The van der Waals surface area contributed by atoms with Gasteiger partial charge in [-0.15, -0.1) is 0 Å². The highest BCUT2D eigenvalue weighted by molar-refractivity contribution is 5.99. The minimum absolute atomic E-state index is 0.00102. The Hall–Kier alpha value is -2.18. The van der Waals surface area contributed by atoms with Crippen molar-refractivity contribution in [3.05, 3.63) is 24.2 Å². The van der Waals surface area contributed by atoms with E-state index in [0.717, 1.165) is 0 Å². The van der Waals surface area contributed by atoms with Crippen molar-refractivity contribution in [2.45, 2.75) is 6.92 Å². The van der Waals surface area contributed by atoms with Crippen LogP contribution in [0, 0.1) is 6.92 Å². The number of amides is 1. The third-order valence-corrected chi connectivity index (χ3v) is 1.46. The molecule has 0 saturated heterocycles. The van der Waals surface area contributed by atoms with Crippen LogP contribution in [0.1, 0.15) is 16.4 Å². The molecule has 2 heterocycles. The molecule has 7 heteroatoms. The normalized spacial score (nSPS) is 10.1. The van der Waals surface area contributed by atoms with Crippen LogP contribution in [0.3, 0.4) is 0 Å². The standard InChI is InChI=1S/C7H7N5O2/c1-4-2-8-6(14-4)5(13)11-7-9-3-10-12-7/h2-3H,1H3,(H2,9,10,11,12,13). The Morgan fingerprint density at radius 2 is 2.43 bits per heavy atom. The molecule has 72 valence electrons. The first kappa shape index (κ1) is 8.42. The minimum Gasteiger partial charge on any atom is -0.438 e. The number of oxazole rings is 1. The molecule has 2 aromatic heterocycles. The molecule has 0 fully saturated rings. The van der Waals surface area contributed by atoms with Crippen molar-refractivity contribution in [1.82, 2.24) is 20.2 Å². The molecule has 2 aromatic rings. The maximum absolute atomic E-state index is 11.4. The molecule has 14 heavy (non-hydrogen) atoms. The summed E-state index contributed by atoms with van der Waals surface area (Å²) in [5.41, 5.74) is 0. The summed E-state index contributed by atoms with van der Waals surface area (Å²) in [6, 6.07) is 0. The molecule has 2 N–H and O–H groups in total. The monoisotopic (exact) mass is 193 g/mol. The summed E-state index contributed by atoms with van der Waals surface area (Å²) in [6.45, 7) is 1.71. The van der Waals surface area contributed by atoms with E-state index in [-0.39, 0.29) is 11.8 Å². The van der Waals surface area contributed by atoms with Crippen LogP contribution in [0.2, 0.25) is 0 Å². The second kappa shape index (κ2) is 3.29. The SMILES string of the molecule is Cc1cnc(C(=O)Nc2ncn[nH]2)o1. The maximum Gasteiger partial charge on any atom is 0.313 e. The van der Waals surface area contributed by atoms with Crippen molar-refractivity contribution in [2.75, 3.05) is 5.32 Å². The molecule has 0 aromatic carbocycles. The van der Waals surface area contributed by atoms with Crippen molar-refractivity contribution in [2.24, 2.45) is 0 Å². The number of aryl methyl sites for hydroxylation is 1. The summed E-state index contributed by atoms with van der Waals surface area (Å²) in [7, 11) is 0. The van der Waals surface area contributed by atoms with E-state index in [1.165, 1.54) is 12.5 Å². The lowest BCUT2D eigenvalue weighted by Crippen LogP contribution is -2.13. The van der Waals surface area contributed by atoms with Gasteiger partial charge in [-0.3, -0.25) is 10.1 Å². The lowest BCUT2D eigenvalue weighted by Gasteiger charge is -1.95. The van der Waals surface area contributed by atoms with Crippen LogP contribution in [0.15, 0.2) is 16.9 Å². The van der Waals surface area contributed by atoms with Crippen molar-refractivity contribution >= 4 is 11.9 Å². The molecule has 0 aliphatic carbocycles. The van der Waals surface area contributed by atoms with Crippen molar-refractivity contribution in [3.63, 3.8) is 0 Å². The third kappa shape index (κ3) is 1.60. The summed E-state index contributed by atoms with van der Waals surface area (Å²) in [6.07, 6.45) is 2.76. The van der Waals surface area contributed by atoms with Crippen LogP contribution in [-0.4, -0.2) is 26.1 Å².